The first-order valence-corrected chi connectivity index (χ1v) is 11.4. The van der Waals surface area contributed by atoms with E-state index < -0.39 is 0 Å². The molecule has 1 aromatic carbocycles. The predicted octanol–water partition coefficient (Wildman–Crippen LogP) is 3.69. The molecule has 3 heterocycles. The summed E-state index contributed by atoms with van der Waals surface area (Å²) in [6.45, 7) is 6.14. The van der Waals surface area contributed by atoms with Gasteiger partial charge in [-0.25, -0.2) is 0 Å². The third kappa shape index (κ3) is 4.55. The fourth-order valence-electron chi connectivity index (χ4n) is 3.73. The van der Waals surface area contributed by atoms with E-state index in [0.717, 1.165) is 39.5 Å². The van der Waals surface area contributed by atoms with E-state index in [1.165, 1.54) is 35.2 Å². The van der Waals surface area contributed by atoms with Gasteiger partial charge in [-0.05, 0) is 23.8 Å². The van der Waals surface area contributed by atoms with Gasteiger partial charge in [0.1, 0.15) is 0 Å². The number of morpholine rings is 1. The molecule has 152 valence electrons. The molecule has 0 radical (unpaired) electrons. The van der Waals surface area contributed by atoms with Crippen LogP contribution in [0.5, 0.6) is 0 Å². The highest BCUT2D eigenvalue weighted by Crippen LogP contribution is 2.37. The minimum atomic E-state index is 0. The Morgan fingerprint density at radius 3 is 2.83 bits per heavy atom. The highest BCUT2D eigenvalue weighted by Gasteiger charge is 2.17. The van der Waals surface area contributed by atoms with Gasteiger partial charge in [0.15, 0.2) is 0 Å². The van der Waals surface area contributed by atoms with Gasteiger partial charge in [0.25, 0.3) is 0 Å². The van der Waals surface area contributed by atoms with Gasteiger partial charge in [-0.3, -0.25) is 4.90 Å². The summed E-state index contributed by atoms with van der Waals surface area (Å²) < 4.78 is 14.1. The van der Waals surface area contributed by atoms with Gasteiger partial charge in [0, 0.05) is 49.3 Å². The number of halogens is 1. The minimum Gasteiger partial charge on any atom is -0.379 e. The standard InChI is InChI=1S/C23H23NO2S2.ClH/c1-2-6-20-19(5-1)22-21(28-20)7-3-4-17-8-9-18(27-23(17)22)16-26-15-12-24-10-13-25-14-11-24;/h1-9H,10-16H2;1H. The fraction of sp³-hybridized carbons (Fsp3) is 0.304. The summed E-state index contributed by atoms with van der Waals surface area (Å²) in [6.07, 6.45) is 11.1. The molecule has 3 nitrogen and oxygen atoms in total. The first-order valence-electron chi connectivity index (χ1n) is 9.76. The van der Waals surface area contributed by atoms with Crippen molar-refractivity contribution in [1.82, 2.24) is 4.90 Å². The van der Waals surface area contributed by atoms with E-state index in [2.05, 4.69) is 59.5 Å². The molecular weight excluding hydrogens is 422 g/mol. The van der Waals surface area contributed by atoms with Crippen LogP contribution in [0.15, 0.2) is 59.0 Å². The average Bonchev–Trinajstić information content (AvgIpc) is 3.01. The Hall–Kier alpha value is -1.34. The molecule has 1 saturated heterocycles. The number of benzene rings is 1. The molecule has 6 heteroatoms. The average molecular weight is 446 g/mol. The normalized spacial score (nSPS) is 18.8. The molecule has 0 saturated carbocycles. The van der Waals surface area contributed by atoms with E-state index in [1.54, 1.807) is 0 Å². The number of thiophene rings is 1. The van der Waals surface area contributed by atoms with Crippen LogP contribution in [0.1, 0.15) is 0 Å². The van der Waals surface area contributed by atoms with Gasteiger partial charge in [-0.15, -0.1) is 23.7 Å². The summed E-state index contributed by atoms with van der Waals surface area (Å²) in [5, 5.41) is 2.73. The molecule has 0 unspecified atom stereocenters. The number of fused-ring (bicyclic) bond motifs is 4. The van der Waals surface area contributed by atoms with Crippen molar-refractivity contribution in [2.75, 3.05) is 46.1 Å². The minimum absolute atomic E-state index is 0. The van der Waals surface area contributed by atoms with Crippen molar-refractivity contribution in [3.63, 3.8) is 0 Å². The van der Waals surface area contributed by atoms with Crippen LogP contribution in [0.2, 0.25) is 0 Å². The van der Waals surface area contributed by atoms with Gasteiger partial charge in [-0.2, -0.15) is 0 Å². The molecule has 0 N–H and O–H groups in total. The summed E-state index contributed by atoms with van der Waals surface area (Å²) in [5.41, 5.74) is 1.29. The van der Waals surface area contributed by atoms with Crippen molar-refractivity contribution < 1.29 is 9.47 Å². The Kier molecular flexibility index (Phi) is 6.96. The van der Waals surface area contributed by atoms with Gasteiger partial charge >= 0.3 is 0 Å². The molecule has 0 bridgehead atoms. The zero-order chi connectivity index (χ0) is 18.8. The molecule has 1 aromatic heterocycles. The maximum absolute atomic E-state index is 6.01. The topological polar surface area (TPSA) is 21.7 Å². The maximum atomic E-state index is 6.01. The lowest BCUT2D eigenvalue weighted by Crippen LogP contribution is -2.38. The van der Waals surface area contributed by atoms with Crippen LogP contribution in [-0.2, 0) is 9.47 Å². The zero-order valence-electron chi connectivity index (χ0n) is 16.1. The number of ether oxygens (including phenoxy) is 2. The number of allylic oxidation sites excluding steroid dienone is 4. The SMILES string of the molecule is C1=CC2=CC=C(COCCN3CCOCC3)SC2=c2c(sc3ccccc23)=C1.Cl. The highest BCUT2D eigenvalue weighted by atomic mass is 35.5. The van der Waals surface area contributed by atoms with Crippen LogP contribution in [-0.4, -0.2) is 51.0 Å². The highest BCUT2D eigenvalue weighted by molar-refractivity contribution is 8.11. The van der Waals surface area contributed by atoms with E-state index in [-0.39, 0.29) is 12.4 Å². The van der Waals surface area contributed by atoms with E-state index >= 15 is 0 Å². The summed E-state index contributed by atoms with van der Waals surface area (Å²) >= 11 is 3.74. The largest absolute Gasteiger partial charge is 0.379 e. The molecule has 3 aliphatic rings. The Labute approximate surface area is 185 Å². The van der Waals surface area contributed by atoms with Crippen LogP contribution >= 0.6 is 35.5 Å². The number of hydrogen-bond donors (Lipinski definition) is 0. The van der Waals surface area contributed by atoms with Crippen molar-refractivity contribution in [1.29, 1.82) is 0 Å². The monoisotopic (exact) mass is 445 g/mol. The van der Waals surface area contributed by atoms with E-state index in [4.69, 9.17) is 9.47 Å². The number of nitrogens with zero attached hydrogens (tertiary/aromatic N) is 1. The van der Waals surface area contributed by atoms with Crippen LogP contribution < -0.4 is 9.75 Å². The van der Waals surface area contributed by atoms with Crippen molar-refractivity contribution >= 4 is 56.6 Å². The summed E-state index contributed by atoms with van der Waals surface area (Å²) in [5.74, 6) is 0. The third-order valence-corrected chi connectivity index (χ3v) is 7.51. The first kappa shape index (κ1) is 20.9. The fourth-order valence-corrected chi connectivity index (χ4v) is 6.04. The molecule has 0 atom stereocenters. The second kappa shape index (κ2) is 9.65. The summed E-state index contributed by atoms with van der Waals surface area (Å²) in [6, 6.07) is 8.72. The van der Waals surface area contributed by atoms with Crippen molar-refractivity contribution in [2.45, 2.75) is 0 Å². The number of hydrogen-bond acceptors (Lipinski definition) is 5. The second-order valence-corrected chi connectivity index (χ2v) is 9.28. The molecule has 29 heavy (non-hydrogen) atoms. The molecule has 0 amide bonds. The quantitative estimate of drug-likeness (QED) is 0.654. The molecule has 2 aromatic rings. The molecule has 0 spiro atoms. The number of thioether (sulfide) groups is 1. The lowest BCUT2D eigenvalue weighted by atomic mass is 10.1. The predicted molar refractivity (Wildman–Crippen MR) is 127 cm³/mol. The Morgan fingerprint density at radius 1 is 1.07 bits per heavy atom. The van der Waals surface area contributed by atoms with Gasteiger partial charge in [-0.1, -0.05) is 48.2 Å². The Morgan fingerprint density at radius 2 is 1.93 bits per heavy atom. The molecular formula is C23H24ClNO2S2. The Bertz CT molecular complexity index is 1090. The summed E-state index contributed by atoms with van der Waals surface area (Å²) in [4.78, 5) is 5.04. The maximum Gasteiger partial charge on any atom is 0.0779 e. The van der Waals surface area contributed by atoms with Crippen molar-refractivity contribution in [3.8, 4) is 0 Å². The summed E-state index contributed by atoms with van der Waals surface area (Å²) in [7, 11) is 0. The zero-order valence-corrected chi connectivity index (χ0v) is 18.6. The second-order valence-electron chi connectivity index (χ2n) is 7.06. The lowest BCUT2D eigenvalue weighted by Gasteiger charge is -2.26. The molecule has 5 rings (SSSR count). The van der Waals surface area contributed by atoms with Gasteiger partial charge in [0.2, 0.25) is 0 Å². The lowest BCUT2D eigenvalue weighted by molar-refractivity contribution is 0.0232. The smallest absolute Gasteiger partial charge is 0.0779 e. The van der Waals surface area contributed by atoms with Crippen molar-refractivity contribution in [2.24, 2.45) is 0 Å². The van der Waals surface area contributed by atoms with Crippen LogP contribution in [0.25, 0.3) is 21.1 Å². The Balaban J connectivity index is 0.00000205. The van der Waals surface area contributed by atoms with E-state index in [0.29, 0.717) is 6.61 Å². The van der Waals surface area contributed by atoms with Crippen molar-refractivity contribution in [3.05, 3.63) is 68.8 Å². The van der Waals surface area contributed by atoms with E-state index in [9.17, 15) is 0 Å². The molecule has 1 aliphatic carbocycles. The molecule has 2 aliphatic heterocycles. The van der Waals surface area contributed by atoms with Crippen LogP contribution in [0.4, 0.5) is 0 Å². The number of rotatable bonds is 5. The van der Waals surface area contributed by atoms with E-state index in [1.807, 2.05) is 23.1 Å². The van der Waals surface area contributed by atoms with Gasteiger partial charge < -0.3 is 9.47 Å². The van der Waals surface area contributed by atoms with Gasteiger partial charge in [0.05, 0.1) is 26.4 Å². The molecule has 1 fully saturated rings. The van der Waals surface area contributed by atoms with Crippen LogP contribution in [0.3, 0.4) is 0 Å². The first-order chi connectivity index (χ1) is 13.9. The third-order valence-electron chi connectivity index (χ3n) is 5.22. The van der Waals surface area contributed by atoms with Crippen LogP contribution in [0, 0.1) is 0 Å².